The summed E-state index contributed by atoms with van der Waals surface area (Å²) in [5.41, 5.74) is 6.41. The van der Waals surface area contributed by atoms with Crippen LogP contribution < -0.4 is 26.7 Å². The van der Waals surface area contributed by atoms with Crippen LogP contribution in [0.1, 0.15) is 12.0 Å². The highest BCUT2D eigenvalue weighted by molar-refractivity contribution is 5.89. The number of carbonyl (C=O) groups excluding carboxylic acids is 1. The van der Waals surface area contributed by atoms with Gasteiger partial charge in [-0.1, -0.05) is 12.1 Å². The Morgan fingerprint density at radius 2 is 2.12 bits per heavy atom. The SMILES string of the molecule is COc1ccc(CCC(=O)C2CNc3nc(N)[nH]c(=O)c3N2)cc1. The molecule has 0 radical (unpaired) electrons. The first-order valence-electron chi connectivity index (χ1n) is 7.62. The first-order chi connectivity index (χ1) is 11.6. The number of aromatic nitrogens is 2. The predicted octanol–water partition coefficient (Wildman–Crippen LogP) is 0.769. The number of anilines is 3. The molecule has 1 aliphatic rings. The summed E-state index contributed by atoms with van der Waals surface area (Å²) < 4.78 is 5.11. The molecule has 3 rings (SSSR count). The van der Waals surface area contributed by atoms with Gasteiger partial charge in [0.2, 0.25) is 5.95 Å². The molecule has 2 aromatic rings. The molecule has 0 amide bonds. The molecule has 0 saturated heterocycles. The van der Waals surface area contributed by atoms with Crippen LogP contribution in [0.5, 0.6) is 5.75 Å². The third-order valence-electron chi connectivity index (χ3n) is 3.94. The van der Waals surface area contributed by atoms with E-state index in [-0.39, 0.29) is 17.4 Å². The number of nitrogens with zero attached hydrogens (tertiary/aromatic N) is 1. The molecular formula is C16H19N5O3. The maximum absolute atomic E-state index is 12.4. The molecule has 0 bridgehead atoms. The minimum absolute atomic E-state index is 0.0280. The van der Waals surface area contributed by atoms with Crippen LogP contribution in [0.3, 0.4) is 0 Å². The number of aryl methyl sites for hydroxylation is 1. The number of hydrogen-bond donors (Lipinski definition) is 4. The van der Waals surface area contributed by atoms with Crippen LogP contribution in [0.25, 0.3) is 0 Å². The highest BCUT2D eigenvalue weighted by Gasteiger charge is 2.26. The van der Waals surface area contributed by atoms with Gasteiger partial charge in [-0.25, -0.2) is 0 Å². The molecule has 126 valence electrons. The second kappa shape index (κ2) is 6.61. The van der Waals surface area contributed by atoms with Crippen molar-refractivity contribution in [1.82, 2.24) is 9.97 Å². The fourth-order valence-electron chi connectivity index (χ4n) is 2.60. The number of aromatic amines is 1. The summed E-state index contributed by atoms with van der Waals surface area (Å²) in [7, 11) is 1.61. The smallest absolute Gasteiger partial charge is 0.277 e. The molecule has 8 nitrogen and oxygen atoms in total. The van der Waals surface area contributed by atoms with Gasteiger partial charge in [-0.05, 0) is 24.1 Å². The molecule has 0 fully saturated rings. The van der Waals surface area contributed by atoms with E-state index in [1.54, 1.807) is 7.11 Å². The van der Waals surface area contributed by atoms with Crippen LogP contribution in [-0.4, -0.2) is 35.4 Å². The summed E-state index contributed by atoms with van der Waals surface area (Å²) in [6.07, 6.45) is 1.01. The standard InChI is InChI=1S/C16H19N5O3/c1-24-10-5-2-9(3-6-10)4-7-12(22)11-8-18-14-13(19-11)15(23)21-16(17)20-14/h2-3,5-6,11,19H,4,7-8H2,1H3,(H4,17,18,20,21,23). The number of benzene rings is 1. The molecule has 1 unspecified atom stereocenters. The molecule has 8 heteroatoms. The number of rotatable bonds is 5. The number of nitrogens with two attached hydrogens (primary N) is 1. The summed E-state index contributed by atoms with van der Waals surface area (Å²) in [5.74, 6) is 1.22. The van der Waals surface area contributed by atoms with Gasteiger partial charge >= 0.3 is 0 Å². The van der Waals surface area contributed by atoms with Crippen molar-refractivity contribution in [2.75, 3.05) is 30.0 Å². The maximum Gasteiger partial charge on any atom is 0.277 e. The molecule has 5 N–H and O–H groups in total. The second-order valence-corrected chi connectivity index (χ2v) is 5.57. The van der Waals surface area contributed by atoms with E-state index in [2.05, 4.69) is 20.6 Å². The zero-order valence-electron chi connectivity index (χ0n) is 13.3. The Bertz CT molecular complexity index is 800. The van der Waals surface area contributed by atoms with Crippen LogP contribution in [0.4, 0.5) is 17.5 Å². The van der Waals surface area contributed by atoms with Crippen LogP contribution in [0, 0.1) is 0 Å². The Labute approximate surface area is 138 Å². The van der Waals surface area contributed by atoms with E-state index in [0.29, 0.717) is 25.2 Å². The molecule has 1 atom stereocenters. The van der Waals surface area contributed by atoms with Crippen molar-refractivity contribution >= 4 is 23.2 Å². The van der Waals surface area contributed by atoms with E-state index in [4.69, 9.17) is 10.5 Å². The lowest BCUT2D eigenvalue weighted by Crippen LogP contribution is -2.42. The van der Waals surface area contributed by atoms with E-state index in [1.807, 2.05) is 24.3 Å². The van der Waals surface area contributed by atoms with Crippen molar-refractivity contribution in [3.8, 4) is 5.75 Å². The largest absolute Gasteiger partial charge is 0.497 e. The first kappa shape index (κ1) is 15.9. The first-order valence-corrected chi connectivity index (χ1v) is 7.62. The third kappa shape index (κ3) is 3.32. The number of carbonyl (C=O) groups is 1. The summed E-state index contributed by atoms with van der Waals surface area (Å²) in [6, 6.07) is 7.14. The minimum Gasteiger partial charge on any atom is -0.497 e. The molecule has 1 aromatic heterocycles. The van der Waals surface area contributed by atoms with Gasteiger partial charge in [0.15, 0.2) is 11.6 Å². The predicted molar refractivity (Wildman–Crippen MR) is 91.5 cm³/mol. The normalized spacial score (nSPS) is 15.8. The second-order valence-electron chi connectivity index (χ2n) is 5.57. The van der Waals surface area contributed by atoms with Gasteiger partial charge in [-0.3, -0.25) is 14.6 Å². The quantitative estimate of drug-likeness (QED) is 0.639. The summed E-state index contributed by atoms with van der Waals surface area (Å²) in [4.78, 5) is 30.7. The molecule has 2 heterocycles. The number of Topliss-reactive ketones (excluding diaryl/α,β-unsaturated/α-hetero) is 1. The number of nitrogens with one attached hydrogen (secondary N) is 3. The van der Waals surface area contributed by atoms with Gasteiger partial charge in [0.05, 0.1) is 7.11 Å². The topological polar surface area (TPSA) is 122 Å². The van der Waals surface area contributed by atoms with Crippen LogP contribution in [-0.2, 0) is 11.2 Å². The van der Waals surface area contributed by atoms with Crippen molar-refractivity contribution in [3.05, 3.63) is 40.2 Å². The molecule has 1 aromatic carbocycles. The fraction of sp³-hybridized carbons (Fsp3) is 0.312. The zero-order chi connectivity index (χ0) is 17.1. The molecule has 24 heavy (non-hydrogen) atoms. The lowest BCUT2D eigenvalue weighted by molar-refractivity contribution is -0.119. The van der Waals surface area contributed by atoms with Gasteiger partial charge in [0.1, 0.15) is 17.5 Å². The van der Waals surface area contributed by atoms with Crippen LogP contribution >= 0.6 is 0 Å². The lowest BCUT2D eigenvalue weighted by Gasteiger charge is -2.25. The third-order valence-corrected chi connectivity index (χ3v) is 3.94. The highest BCUT2D eigenvalue weighted by atomic mass is 16.5. The van der Waals surface area contributed by atoms with Gasteiger partial charge in [0.25, 0.3) is 5.56 Å². The Morgan fingerprint density at radius 1 is 1.38 bits per heavy atom. The van der Waals surface area contributed by atoms with Crippen molar-refractivity contribution in [3.63, 3.8) is 0 Å². The minimum atomic E-state index is -0.470. The average Bonchev–Trinajstić information content (AvgIpc) is 2.59. The summed E-state index contributed by atoms with van der Waals surface area (Å²) in [5, 5.41) is 5.93. The number of H-pyrrole nitrogens is 1. The Balaban J connectivity index is 1.62. The summed E-state index contributed by atoms with van der Waals surface area (Å²) in [6.45, 7) is 0.365. The van der Waals surface area contributed by atoms with E-state index in [1.165, 1.54) is 0 Å². The number of ketones is 1. The Kier molecular flexibility index (Phi) is 4.37. The van der Waals surface area contributed by atoms with Gasteiger partial charge < -0.3 is 21.1 Å². The van der Waals surface area contributed by atoms with Gasteiger partial charge in [-0.15, -0.1) is 0 Å². The molecular weight excluding hydrogens is 310 g/mol. The van der Waals surface area contributed by atoms with Crippen molar-refractivity contribution in [1.29, 1.82) is 0 Å². The zero-order valence-corrected chi connectivity index (χ0v) is 13.3. The van der Waals surface area contributed by atoms with Crippen molar-refractivity contribution in [2.45, 2.75) is 18.9 Å². The number of ether oxygens (including phenoxy) is 1. The van der Waals surface area contributed by atoms with E-state index < -0.39 is 11.6 Å². The average molecular weight is 329 g/mol. The molecule has 0 saturated carbocycles. The number of methoxy groups -OCH3 is 1. The number of nitrogen functional groups attached to an aromatic ring is 1. The van der Waals surface area contributed by atoms with E-state index >= 15 is 0 Å². The summed E-state index contributed by atoms with van der Waals surface area (Å²) >= 11 is 0. The lowest BCUT2D eigenvalue weighted by atomic mass is 10.0. The highest BCUT2D eigenvalue weighted by Crippen LogP contribution is 2.21. The van der Waals surface area contributed by atoms with E-state index in [9.17, 15) is 9.59 Å². The number of fused-ring (bicyclic) bond motifs is 1. The monoisotopic (exact) mass is 329 g/mol. The van der Waals surface area contributed by atoms with Crippen LogP contribution in [0.15, 0.2) is 29.1 Å². The molecule has 0 aliphatic carbocycles. The van der Waals surface area contributed by atoms with Gasteiger partial charge in [0, 0.05) is 13.0 Å². The maximum atomic E-state index is 12.4. The van der Waals surface area contributed by atoms with Gasteiger partial charge in [-0.2, -0.15) is 4.98 Å². The molecule has 1 aliphatic heterocycles. The Morgan fingerprint density at radius 3 is 2.83 bits per heavy atom. The van der Waals surface area contributed by atoms with E-state index in [0.717, 1.165) is 11.3 Å². The van der Waals surface area contributed by atoms with Crippen LogP contribution in [0.2, 0.25) is 0 Å². The van der Waals surface area contributed by atoms with Crippen molar-refractivity contribution < 1.29 is 9.53 Å². The molecule has 0 spiro atoms. The Hall–Kier alpha value is -3.03. The number of hydrogen-bond acceptors (Lipinski definition) is 7. The fourth-order valence-corrected chi connectivity index (χ4v) is 2.60. The van der Waals surface area contributed by atoms with Crippen molar-refractivity contribution in [2.24, 2.45) is 0 Å².